The molecule has 1 aromatic heterocycles. The van der Waals surface area contributed by atoms with Crippen molar-refractivity contribution in [3.8, 4) is 0 Å². The van der Waals surface area contributed by atoms with Crippen molar-refractivity contribution in [1.82, 2.24) is 10.2 Å². The summed E-state index contributed by atoms with van der Waals surface area (Å²) < 4.78 is 0. The molecular weight excluding hydrogens is 198 g/mol. The van der Waals surface area contributed by atoms with Gasteiger partial charge < -0.3 is 5.73 Å². The monoisotopic (exact) mass is 213 g/mol. The van der Waals surface area contributed by atoms with Crippen molar-refractivity contribution >= 4 is 0 Å². The van der Waals surface area contributed by atoms with Crippen LogP contribution >= 0.6 is 0 Å². The van der Waals surface area contributed by atoms with Gasteiger partial charge in [0.05, 0.1) is 6.20 Å². The van der Waals surface area contributed by atoms with Crippen molar-refractivity contribution in [2.45, 2.75) is 19.4 Å². The van der Waals surface area contributed by atoms with E-state index < -0.39 is 0 Å². The highest BCUT2D eigenvalue weighted by atomic mass is 15.1. The van der Waals surface area contributed by atoms with E-state index in [2.05, 4.69) is 29.3 Å². The summed E-state index contributed by atoms with van der Waals surface area (Å²) in [4.78, 5) is 0. The second-order valence-corrected chi connectivity index (χ2v) is 3.91. The minimum absolute atomic E-state index is 0.0170. The highest BCUT2D eigenvalue weighted by Crippen LogP contribution is 2.17. The highest BCUT2D eigenvalue weighted by Gasteiger charge is 2.08. The van der Waals surface area contributed by atoms with Crippen LogP contribution < -0.4 is 5.73 Å². The van der Waals surface area contributed by atoms with Gasteiger partial charge in [-0.2, -0.15) is 10.2 Å². The maximum atomic E-state index is 6.13. The highest BCUT2D eigenvalue weighted by molar-refractivity contribution is 5.28. The van der Waals surface area contributed by atoms with E-state index in [1.54, 1.807) is 12.4 Å². The number of nitrogens with two attached hydrogens (primary N) is 1. The van der Waals surface area contributed by atoms with Crippen LogP contribution in [-0.4, -0.2) is 10.2 Å². The molecule has 1 atom stereocenters. The Morgan fingerprint density at radius 2 is 2.00 bits per heavy atom. The Kier molecular flexibility index (Phi) is 3.27. The fraction of sp³-hybridized carbons (Fsp3) is 0.231. The van der Waals surface area contributed by atoms with E-state index in [9.17, 15) is 0 Å². The van der Waals surface area contributed by atoms with Gasteiger partial charge in [-0.1, -0.05) is 24.3 Å². The first kappa shape index (κ1) is 10.8. The van der Waals surface area contributed by atoms with Crippen molar-refractivity contribution in [1.29, 1.82) is 0 Å². The van der Waals surface area contributed by atoms with Crippen molar-refractivity contribution in [2.24, 2.45) is 5.73 Å². The third kappa shape index (κ3) is 2.44. The van der Waals surface area contributed by atoms with Gasteiger partial charge in [-0.15, -0.1) is 0 Å². The van der Waals surface area contributed by atoms with E-state index in [0.717, 1.165) is 12.0 Å². The summed E-state index contributed by atoms with van der Waals surface area (Å²) in [7, 11) is 0. The number of nitrogens with zero attached hydrogens (tertiary/aromatic N) is 2. The molecule has 82 valence electrons. The molecule has 1 aromatic carbocycles. The molecule has 2 aromatic rings. The van der Waals surface area contributed by atoms with Gasteiger partial charge >= 0.3 is 0 Å². The normalized spacial score (nSPS) is 12.4. The molecule has 3 nitrogen and oxygen atoms in total. The minimum Gasteiger partial charge on any atom is -0.324 e. The lowest BCUT2D eigenvalue weighted by Gasteiger charge is -2.12. The zero-order chi connectivity index (χ0) is 11.4. The summed E-state index contributed by atoms with van der Waals surface area (Å²) in [6.45, 7) is 2.10. The van der Waals surface area contributed by atoms with Crippen LogP contribution in [0.25, 0.3) is 0 Å². The van der Waals surface area contributed by atoms with E-state index in [4.69, 9.17) is 5.73 Å². The van der Waals surface area contributed by atoms with E-state index >= 15 is 0 Å². The summed E-state index contributed by atoms with van der Waals surface area (Å²) in [5.41, 5.74) is 9.72. The zero-order valence-corrected chi connectivity index (χ0v) is 9.30. The molecule has 2 rings (SSSR count). The molecule has 0 saturated heterocycles. The molecule has 16 heavy (non-hydrogen) atoms. The first-order valence-electron chi connectivity index (χ1n) is 5.34. The smallest absolute Gasteiger partial charge is 0.0544 e. The summed E-state index contributed by atoms with van der Waals surface area (Å²) in [6.07, 6.45) is 4.23. The number of aromatic nitrogens is 2. The van der Waals surface area contributed by atoms with Gasteiger partial charge in [0, 0.05) is 12.2 Å². The molecule has 1 heterocycles. The predicted molar refractivity (Wildman–Crippen MR) is 63.8 cm³/mol. The third-order valence-corrected chi connectivity index (χ3v) is 2.74. The van der Waals surface area contributed by atoms with Gasteiger partial charge in [-0.05, 0) is 36.1 Å². The molecule has 0 spiro atoms. The van der Waals surface area contributed by atoms with Crippen molar-refractivity contribution < 1.29 is 0 Å². The molecule has 0 fully saturated rings. The SMILES string of the molecule is Cc1ccccc1CC(N)c1ccnnc1. The Balaban J connectivity index is 2.14. The molecule has 1 unspecified atom stereocenters. The molecule has 0 saturated carbocycles. The number of rotatable bonds is 3. The first-order chi connectivity index (χ1) is 7.77. The lowest BCUT2D eigenvalue weighted by molar-refractivity contribution is 0.710. The van der Waals surface area contributed by atoms with Crippen LogP contribution in [0.2, 0.25) is 0 Å². The number of hydrogen-bond acceptors (Lipinski definition) is 3. The fourth-order valence-corrected chi connectivity index (χ4v) is 1.71. The van der Waals surface area contributed by atoms with E-state index in [1.165, 1.54) is 11.1 Å². The Bertz CT molecular complexity index is 454. The molecule has 3 heteroatoms. The average molecular weight is 213 g/mol. The van der Waals surface area contributed by atoms with E-state index in [-0.39, 0.29) is 6.04 Å². The Morgan fingerprint density at radius 1 is 1.19 bits per heavy atom. The fourth-order valence-electron chi connectivity index (χ4n) is 1.71. The van der Waals surface area contributed by atoms with Gasteiger partial charge in [0.2, 0.25) is 0 Å². The van der Waals surface area contributed by atoms with E-state index in [0.29, 0.717) is 0 Å². The summed E-state index contributed by atoms with van der Waals surface area (Å²) in [6, 6.07) is 10.2. The molecule has 0 amide bonds. The second-order valence-electron chi connectivity index (χ2n) is 3.91. The maximum absolute atomic E-state index is 6.13. The quantitative estimate of drug-likeness (QED) is 0.848. The molecular formula is C13H15N3. The first-order valence-corrected chi connectivity index (χ1v) is 5.34. The third-order valence-electron chi connectivity index (χ3n) is 2.74. The van der Waals surface area contributed by atoms with Crippen LogP contribution in [0.1, 0.15) is 22.7 Å². The minimum atomic E-state index is -0.0170. The summed E-state index contributed by atoms with van der Waals surface area (Å²) >= 11 is 0. The molecule has 0 bridgehead atoms. The van der Waals surface area contributed by atoms with Gasteiger partial charge in [0.25, 0.3) is 0 Å². The zero-order valence-electron chi connectivity index (χ0n) is 9.30. The van der Waals surface area contributed by atoms with Gasteiger partial charge in [0.15, 0.2) is 0 Å². The van der Waals surface area contributed by atoms with Crippen LogP contribution in [0, 0.1) is 6.92 Å². The van der Waals surface area contributed by atoms with Crippen molar-refractivity contribution in [3.63, 3.8) is 0 Å². The Labute approximate surface area is 95.3 Å². The van der Waals surface area contributed by atoms with Crippen molar-refractivity contribution in [3.05, 3.63) is 59.4 Å². The van der Waals surface area contributed by atoms with Crippen LogP contribution in [0.4, 0.5) is 0 Å². The predicted octanol–water partition coefficient (Wildman–Crippen LogP) is 2.03. The lowest BCUT2D eigenvalue weighted by atomic mass is 9.98. The molecule has 0 aliphatic heterocycles. The number of benzene rings is 1. The van der Waals surface area contributed by atoms with Crippen molar-refractivity contribution in [2.75, 3.05) is 0 Å². The second kappa shape index (κ2) is 4.86. The molecule has 0 aliphatic carbocycles. The van der Waals surface area contributed by atoms with E-state index in [1.807, 2.05) is 18.2 Å². The molecule has 0 radical (unpaired) electrons. The number of hydrogen-bond donors (Lipinski definition) is 1. The largest absolute Gasteiger partial charge is 0.324 e. The maximum Gasteiger partial charge on any atom is 0.0544 e. The topological polar surface area (TPSA) is 51.8 Å². The Morgan fingerprint density at radius 3 is 2.69 bits per heavy atom. The van der Waals surface area contributed by atoms with Gasteiger partial charge in [-0.25, -0.2) is 0 Å². The van der Waals surface area contributed by atoms with Crippen LogP contribution in [0.15, 0.2) is 42.7 Å². The van der Waals surface area contributed by atoms with Crippen LogP contribution in [0.3, 0.4) is 0 Å². The standard InChI is InChI=1S/C13H15N3/c1-10-4-2-3-5-11(10)8-13(14)12-6-7-15-16-9-12/h2-7,9,13H,8,14H2,1H3. The van der Waals surface area contributed by atoms with Crippen LogP contribution in [0.5, 0.6) is 0 Å². The summed E-state index contributed by atoms with van der Waals surface area (Å²) in [5.74, 6) is 0. The molecule has 0 aliphatic rings. The van der Waals surface area contributed by atoms with Gasteiger partial charge in [-0.3, -0.25) is 0 Å². The lowest BCUT2D eigenvalue weighted by Crippen LogP contribution is -2.14. The Hall–Kier alpha value is -1.74. The summed E-state index contributed by atoms with van der Waals surface area (Å²) in [5, 5.41) is 7.59. The molecule has 2 N–H and O–H groups in total. The van der Waals surface area contributed by atoms with Crippen LogP contribution in [-0.2, 0) is 6.42 Å². The number of aryl methyl sites for hydroxylation is 1. The average Bonchev–Trinajstić information content (AvgIpc) is 2.33. The van der Waals surface area contributed by atoms with Gasteiger partial charge in [0.1, 0.15) is 0 Å².